The van der Waals surface area contributed by atoms with Crippen molar-refractivity contribution in [3.05, 3.63) is 65.2 Å². The smallest absolute Gasteiger partial charge is 0.235 e. The van der Waals surface area contributed by atoms with Gasteiger partial charge in [0, 0.05) is 5.56 Å². The Morgan fingerprint density at radius 2 is 1.94 bits per heavy atom. The number of allylic oxidation sites excluding steroid dienone is 1. The van der Waals surface area contributed by atoms with Crippen LogP contribution >= 0.6 is 0 Å². The van der Waals surface area contributed by atoms with Crippen molar-refractivity contribution in [2.45, 2.75) is 45.3 Å². The molecule has 7 nitrogen and oxygen atoms in total. The van der Waals surface area contributed by atoms with E-state index in [-0.39, 0.29) is 23.7 Å². The van der Waals surface area contributed by atoms with E-state index in [4.69, 9.17) is 15.9 Å². The van der Waals surface area contributed by atoms with Gasteiger partial charge in [0.1, 0.15) is 17.7 Å². The lowest BCUT2D eigenvalue weighted by Crippen LogP contribution is -2.37. The molecule has 0 bridgehead atoms. The Balaban J connectivity index is 1.64. The number of hydrogen-bond donors (Lipinski definition) is 3. The second kappa shape index (κ2) is 9.57. The van der Waals surface area contributed by atoms with Gasteiger partial charge >= 0.3 is 0 Å². The molecule has 0 aliphatic carbocycles. The van der Waals surface area contributed by atoms with E-state index < -0.39 is 10.0 Å². The third-order valence-corrected chi connectivity index (χ3v) is 8.14. The van der Waals surface area contributed by atoms with Gasteiger partial charge in [-0.05, 0) is 87.2 Å². The largest absolute Gasteiger partial charge is 0.490 e. The summed E-state index contributed by atoms with van der Waals surface area (Å²) in [4.78, 5) is 0. The molecule has 4 N–H and O–H groups in total. The molecule has 0 amide bonds. The number of sulfonamides is 1. The number of rotatable bonds is 7. The van der Waals surface area contributed by atoms with Gasteiger partial charge in [0.25, 0.3) is 0 Å². The summed E-state index contributed by atoms with van der Waals surface area (Å²) in [7, 11) is -3.46. The Morgan fingerprint density at radius 1 is 1.21 bits per heavy atom. The quantitative estimate of drug-likeness (QED) is 0.427. The van der Waals surface area contributed by atoms with E-state index >= 15 is 0 Å². The van der Waals surface area contributed by atoms with Crippen LogP contribution < -0.4 is 20.1 Å². The standard InChI is InChI=1S/C25H32N4O3S/c1-3-33(30,31)29-21(13-17(2)18-5-4-6-19(14-18)25(26)27)15-20-16-23(7-8-24(20)29)32-22-9-11-28-12-10-22/h4-8,13-14,16,21-22,28H,3,9-12,15H2,1-2H3,(H3,26,27)/b17-13+. The number of nitrogen functional groups attached to an aromatic ring is 1. The minimum absolute atomic E-state index is 0.00869. The van der Waals surface area contributed by atoms with Crippen LogP contribution in [0.5, 0.6) is 5.75 Å². The maximum absolute atomic E-state index is 13.1. The van der Waals surface area contributed by atoms with E-state index in [9.17, 15) is 8.42 Å². The van der Waals surface area contributed by atoms with Gasteiger partial charge in [-0.1, -0.05) is 24.3 Å². The zero-order valence-corrected chi connectivity index (χ0v) is 20.0. The van der Waals surface area contributed by atoms with E-state index in [1.54, 1.807) is 17.3 Å². The Kier molecular flexibility index (Phi) is 6.76. The first-order valence-corrected chi connectivity index (χ1v) is 13.0. The number of fused-ring (bicyclic) bond motifs is 1. The van der Waals surface area contributed by atoms with Crippen LogP contribution in [0.2, 0.25) is 0 Å². The fourth-order valence-corrected chi connectivity index (χ4v) is 5.85. The number of nitrogens with one attached hydrogen (secondary N) is 2. The summed E-state index contributed by atoms with van der Waals surface area (Å²) in [6.45, 7) is 5.54. The summed E-state index contributed by atoms with van der Waals surface area (Å²) in [6, 6.07) is 12.9. The van der Waals surface area contributed by atoms with Crippen LogP contribution in [0.4, 0.5) is 5.69 Å². The highest BCUT2D eigenvalue weighted by Gasteiger charge is 2.36. The van der Waals surface area contributed by atoms with Crippen molar-refractivity contribution < 1.29 is 13.2 Å². The molecule has 2 aliphatic heterocycles. The van der Waals surface area contributed by atoms with Crippen LogP contribution in [-0.4, -0.2) is 45.2 Å². The second-order valence-electron chi connectivity index (χ2n) is 8.67. The van der Waals surface area contributed by atoms with Crippen molar-refractivity contribution in [2.75, 3.05) is 23.1 Å². The van der Waals surface area contributed by atoms with Gasteiger partial charge in [-0.2, -0.15) is 0 Å². The highest BCUT2D eigenvalue weighted by molar-refractivity contribution is 7.92. The first-order chi connectivity index (χ1) is 15.8. The normalized spacial score (nSPS) is 19.4. The molecule has 0 saturated carbocycles. The highest BCUT2D eigenvalue weighted by atomic mass is 32.2. The van der Waals surface area contributed by atoms with E-state index in [0.717, 1.165) is 54.1 Å². The maximum Gasteiger partial charge on any atom is 0.235 e. The monoisotopic (exact) mass is 468 g/mol. The number of nitrogens with zero attached hydrogens (tertiary/aromatic N) is 1. The Labute approximate surface area is 196 Å². The second-order valence-corrected chi connectivity index (χ2v) is 10.8. The lowest BCUT2D eigenvalue weighted by atomic mass is 10.0. The van der Waals surface area contributed by atoms with E-state index in [0.29, 0.717) is 12.0 Å². The average Bonchev–Trinajstić information content (AvgIpc) is 3.17. The fourth-order valence-electron chi connectivity index (χ4n) is 4.54. The summed E-state index contributed by atoms with van der Waals surface area (Å²) in [5.74, 6) is 0.836. The van der Waals surface area contributed by atoms with Crippen molar-refractivity contribution >= 4 is 27.1 Å². The van der Waals surface area contributed by atoms with Gasteiger partial charge in [-0.3, -0.25) is 9.71 Å². The SMILES string of the molecule is CCS(=O)(=O)N1c2ccc(OC3CCNCC3)cc2CC1/C=C(\C)c1cccc(C(=N)N)c1. The molecule has 0 spiro atoms. The first kappa shape index (κ1) is 23.3. The van der Waals surface area contributed by atoms with Crippen LogP contribution in [0, 0.1) is 5.41 Å². The topological polar surface area (TPSA) is 109 Å². The first-order valence-electron chi connectivity index (χ1n) is 11.4. The van der Waals surface area contributed by atoms with E-state index in [1.807, 2.05) is 49.4 Å². The number of anilines is 1. The summed E-state index contributed by atoms with van der Waals surface area (Å²) in [5.41, 5.74) is 9.85. The molecule has 8 heteroatoms. The number of ether oxygens (including phenoxy) is 1. The predicted molar refractivity (Wildman–Crippen MR) is 134 cm³/mol. The Morgan fingerprint density at radius 3 is 2.64 bits per heavy atom. The van der Waals surface area contributed by atoms with Crippen LogP contribution in [0.1, 0.15) is 43.4 Å². The molecule has 1 unspecified atom stereocenters. The molecule has 2 aromatic carbocycles. The van der Waals surface area contributed by atoms with Gasteiger partial charge in [-0.25, -0.2) is 8.42 Å². The van der Waals surface area contributed by atoms with Gasteiger partial charge in [0.15, 0.2) is 0 Å². The van der Waals surface area contributed by atoms with Crippen molar-refractivity contribution in [1.29, 1.82) is 5.41 Å². The van der Waals surface area contributed by atoms with Crippen molar-refractivity contribution in [3.63, 3.8) is 0 Å². The van der Waals surface area contributed by atoms with Crippen LogP contribution in [-0.2, 0) is 16.4 Å². The van der Waals surface area contributed by atoms with Gasteiger partial charge in [-0.15, -0.1) is 0 Å². The molecule has 0 aromatic heterocycles. The molecule has 4 rings (SSSR count). The summed E-state index contributed by atoms with van der Waals surface area (Å²) < 4.78 is 33.8. The molecular formula is C25H32N4O3S. The van der Waals surface area contributed by atoms with Gasteiger partial charge in [0.05, 0.1) is 17.5 Å². The average molecular weight is 469 g/mol. The number of piperidine rings is 1. The predicted octanol–water partition coefficient (Wildman–Crippen LogP) is 3.29. The lowest BCUT2D eigenvalue weighted by Gasteiger charge is -2.26. The van der Waals surface area contributed by atoms with Crippen LogP contribution in [0.15, 0.2) is 48.5 Å². The number of hydrogen-bond acceptors (Lipinski definition) is 5. The minimum Gasteiger partial charge on any atom is -0.490 e. The molecule has 176 valence electrons. The number of nitrogens with two attached hydrogens (primary N) is 1. The summed E-state index contributed by atoms with van der Waals surface area (Å²) in [5, 5.41) is 11.0. The lowest BCUT2D eigenvalue weighted by molar-refractivity contribution is 0.162. The summed E-state index contributed by atoms with van der Waals surface area (Å²) in [6.07, 6.45) is 4.71. The Bertz CT molecular complexity index is 1170. The van der Waals surface area contributed by atoms with E-state index in [2.05, 4.69) is 5.32 Å². The molecule has 1 saturated heterocycles. The number of benzene rings is 2. The molecule has 2 aromatic rings. The zero-order valence-electron chi connectivity index (χ0n) is 19.2. The van der Waals surface area contributed by atoms with Crippen LogP contribution in [0.3, 0.4) is 0 Å². The maximum atomic E-state index is 13.1. The fraction of sp³-hybridized carbons (Fsp3) is 0.400. The minimum atomic E-state index is -3.46. The molecule has 2 aliphatic rings. The molecule has 1 atom stereocenters. The van der Waals surface area contributed by atoms with Gasteiger partial charge < -0.3 is 15.8 Å². The van der Waals surface area contributed by atoms with E-state index in [1.165, 1.54) is 0 Å². The molecular weight excluding hydrogens is 436 g/mol. The zero-order chi connectivity index (χ0) is 23.6. The van der Waals surface area contributed by atoms with Crippen molar-refractivity contribution in [1.82, 2.24) is 5.32 Å². The van der Waals surface area contributed by atoms with Crippen molar-refractivity contribution in [3.8, 4) is 5.75 Å². The third kappa shape index (κ3) is 5.07. The van der Waals surface area contributed by atoms with Crippen LogP contribution in [0.25, 0.3) is 5.57 Å². The summed E-state index contributed by atoms with van der Waals surface area (Å²) >= 11 is 0. The molecule has 33 heavy (non-hydrogen) atoms. The highest BCUT2D eigenvalue weighted by Crippen LogP contribution is 2.38. The molecule has 1 fully saturated rings. The van der Waals surface area contributed by atoms with Gasteiger partial charge in [0.2, 0.25) is 10.0 Å². The third-order valence-electron chi connectivity index (χ3n) is 6.34. The Hall–Kier alpha value is -2.84. The van der Waals surface area contributed by atoms with Crippen molar-refractivity contribution in [2.24, 2.45) is 5.73 Å². The molecule has 2 heterocycles. The molecule has 0 radical (unpaired) electrons. The number of amidine groups is 1.